The summed E-state index contributed by atoms with van der Waals surface area (Å²) in [7, 11) is 0. The van der Waals surface area contributed by atoms with Gasteiger partial charge in [0.2, 0.25) is 0 Å². The topological polar surface area (TPSA) is 58.5 Å². The number of phenols is 1. The van der Waals surface area contributed by atoms with Crippen molar-refractivity contribution in [2.75, 3.05) is 24.7 Å². The Morgan fingerprint density at radius 1 is 1.25 bits per heavy atom. The third kappa shape index (κ3) is 4.60. The van der Waals surface area contributed by atoms with Crippen molar-refractivity contribution in [2.45, 2.75) is 44.9 Å². The molecule has 32 heavy (non-hydrogen) atoms. The molecule has 0 radical (unpaired) electrons. The molecule has 1 aromatic heterocycles. The lowest BCUT2D eigenvalue weighted by atomic mass is 9.96. The number of allylic oxidation sites excluding steroid dienone is 4. The lowest BCUT2D eigenvalue weighted by Crippen LogP contribution is -2.21. The SMILES string of the molecule is C=C/C=C(\C=C/C)N1CCc2c(-c3ccc(F)c(O)c3)nc(C3CCCCOCC3)nc21. The molecule has 4 rings (SSSR count). The Labute approximate surface area is 189 Å². The van der Waals surface area contributed by atoms with E-state index in [-0.39, 0.29) is 11.7 Å². The van der Waals surface area contributed by atoms with E-state index in [0.29, 0.717) is 12.2 Å². The summed E-state index contributed by atoms with van der Waals surface area (Å²) in [6.07, 6.45) is 12.6. The molecule has 2 aliphatic rings. The van der Waals surface area contributed by atoms with E-state index in [4.69, 9.17) is 14.7 Å². The average molecular weight is 436 g/mol. The van der Waals surface area contributed by atoms with Gasteiger partial charge in [-0.1, -0.05) is 25.2 Å². The van der Waals surface area contributed by atoms with Crippen molar-refractivity contribution in [2.24, 2.45) is 0 Å². The van der Waals surface area contributed by atoms with Crippen LogP contribution in [0.15, 0.2) is 54.8 Å². The minimum atomic E-state index is -0.636. The van der Waals surface area contributed by atoms with Crippen molar-refractivity contribution in [3.8, 4) is 17.0 Å². The Morgan fingerprint density at radius 3 is 2.91 bits per heavy atom. The van der Waals surface area contributed by atoms with Crippen LogP contribution >= 0.6 is 0 Å². The molecule has 0 spiro atoms. The molecule has 1 atom stereocenters. The van der Waals surface area contributed by atoms with Gasteiger partial charge in [0, 0.05) is 42.5 Å². The molecule has 5 nitrogen and oxygen atoms in total. The van der Waals surface area contributed by atoms with Crippen molar-refractivity contribution in [3.05, 3.63) is 72.0 Å². The summed E-state index contributed by atoms with van der Waals surface area (Å²) < 4.78 is 19.5. The molecule has 1 N–H and O–H groups in total. The van der Waals surface area contributed by atoms with E-state index in [1.807, 2.05) is 25.2 Å². The van der Waals surface area contributed by atoms with E-state index < -0.39 is 5.82 Å². The minimum absolute atomic E-state index is 0.199. The van der Waals surface area contributed by atoms with Gasteiger partial charge in [-0.3, -0.25) is 0 Å². The Balaban J connectivity index is 1.85. The Kier molecular flexibility index (Phi) is 7.00. The number of benzene rings is 1. The molecule has 3 heterocycles. The van der Waals surface area contributed by atoms with Crippen LogP contribution in [0.5, 0.6) is 5.75 Å². The molecule has 0 amide bonds. The maximum Gasteiger partial charge on any atom is 0.164 e. The number of aromatic nitrogens is 2. The maximum atomic E-state index is 13.8. The van der Waals surface area contributed by atoms with Gasteiger partial charge in [-0.2, -0.15) is 0 Å². The molecule has 0 aliphatic carbocycles. The van der Waals surface area contributed by atoms with Crippen LogP contribution < -0.4 is 4.90 Å². The van der Waals surface area contributed by atoms with Gasteiger partial charge in [0.05, 0.1) is 5.69 Å². The van der Waals surface area contributed by atoms with Gasteiger partial charge >= 0.3 is 0 Å². The molecule has 168 valence electrons. The fraction of sp³-hybridized carbons (Fsp3) is 0.385. The van der Waals surface area contributed by atoms with E-state index in [1.54, 1.807) is 12.1 Å². The smallest absolute Gasteiger partial charge is 0.164 e. The quantitative estimate of drug-likeness (QED) is 0.613. The number of phenolic OH excluding ortho intramolecular Hbond substituents is 1. The number of rotatable bonds is 5. The highest BCUT2D eigenvalue weighted by Crippen LogP contribution is 2.39. The summed E-state index contributed by atoms with van der Waals surface area (Å²) in [6, 6.07) is 4.42. The predicted octanol–water partition coefficient (Wildman–Crippen LogP) is 5.67. The van der Waals surface area contributed by atoms with E-state index >= 15 is 0 Å². The highest BCUT2D eigenvalue weighted by Gasteiger charge is 2.30. The van der Waals surface area contributed by atoms with E-state index in [1.165, 1.54) is 12.1 Å². The third-order valence-corrected chi connectivity index (χ3v) is 6.07. The first kappa shape index (κ1) is 22.2. The van der Waals surface area contributed by atoms with Gasteiger partial charge < -0.3 is 14.7 Å². The van der Waals surface area contributed by atoms with Crippen molar-refractivity contribution in [1.82, 2.24) is 9.97 Å². The molecule has 2 aromatic rings. The molecular weight excluding hydrogens is 405 g/mol. The standard InChI is InChI=1S/C26H30FN3O2/c1-3-7-20(8-4-2)30-14-12-21-24(19-10-11-22(27)23(31)17-19)28-25(29-26(21)30)18-9-5-6-15-32-16-13-18/h3-4,7-8,10-11,17-18,31H,1,5-6,9,12-16H2,2H3/b8-4-,20-7+. The normalized spacial score (nSPS) is 19.6. The van der Waals surface area contributed by atoms with Crippen LogP contribution in [0.1, 0.15) is 49.9 Å². The molecule has 6 heteroatoms. The van der Waals surface area contributed by atoms with E-state index in [0.717, 1.165) is 73.9 Å². The zero-order valence-corrected chi connectivity index (χ0v) is 18.6. The number of halogens is 1. The minimum Gasteiger partial charge on any atom is -0.505 e. The Morgan fingerprint density at radius 2 is 2.12 bits per heavy atom. The van der Waals surface area contributed by atoms with Crippen LogP contribution in [0.4, 0.5) is 10.2 Å². The monoisotopic (exact) mass is 435 g/mol. The largest absolute Gasteiger partial charge is 0.505 e. The second-order valence-electron chi connectivity index (χ2n) is 8.22. The van der Waals surface area contributed by atoms with Crippen LogP contribution in [0.2, 0.25) is 0 Å². The number of hydrogen-bond acceptors (Lipinski definition) is 5. The fourth-order valence-electron chi connectivity index (χ4n) is 4.46. The first-order chi connectivity index (χ1) is 15.6. The van der Waals surface area contributed by atoms with E-state index in [2.05, 4.69) is 11.5 Å². The Bertz CT molecular complexity index is 1040. The van der Waals surface area contributed by atoms with Gasteiger partial charge in [-0.05, 0) is 63.0 Å². The van der Waals surface area contributed by atoms with Crippen molar-refractivity contribution in [1.29, 1.82) is 0 Å². The molecule has 1 saturated heterocycles. The summed E-state index contributed by atoms with van der Waals surface area (Å²) in [5.74, 6) is 0.861. The molecule has 0 bridgehead atoms. The lowest BCUT2D eigenvalue weighted by Gasteiger charge is -2.23. The predicted molar refractivity (Wildman–Crippen MR) is 125 cm³/mol. The fourth-order valence-corrected chi connectivity index (χ4v) is 4.46. The van der Waals surface area contributed by atoms with Gasteiger partial charge in [0.15, 0.2) is 11.6 Å². The summed E-state index contributed by atoms with van der Waals surface area (Å²) in [5, 5.41) is 10.0. The van der Waals surface area contributed by atoms with Crippen LogP contribution in [0, 0.1) is 5.82 Å². The molecule has 1 fully saturated rings. The summed E-state index contributed by atoms with van der Waals surface area (Å²) in [5.41, 5.74) is 3.50. The van der Waals surface area contributed by atoms with Crippen LogP contribution in [0.25, 0.3) is 11.3 Å². The number of ether oxygens (including phenoxy) is 1. The number of hydrogen-bond donors (Lipinski definition) is 1. The highest BCUT2D eigenvalue weighted by molar-refractivity contribution is 5.74. The average Bonchev–Trinajstić information content (AvgIpc) is 3.18. The zero-order valence-electron chi connectivity index (χ0n) is 18.6. The lowest BCUT2D eigenvalue weighted by molar-refractivity contribution is 0.110. The zero-order chi connectivity index (χ0) is 22.5. The van der Waals surface area contributed by atoms with Crippen LogP contribution in [0.3, 0.4) is 0 Å². The maximum absolute atomic E-state index is 13.8. The molecule has 1 unspecified atom stereocenters. The number of anilines is 1. The van der Waals surface area contributed by atoms with Crippen LogP contribution in [-0.2, 0) is 11.2 Å². The third-order valence-electron chi connectivity index (χ3n) is 6.07. The van der Waals surface area contributed by atoms with Crippen molar-refractivity contribution >= 4 is 5.82 Å². The molecule has 2 aliphatic heterocycles. The first-order valence-corrected chi connectivity index (χ1v) is 11.3. The van der Waals surface area contributed by atoms with Gasteiger partial charge in [0.1, 0.15) is 11.6 Å². The second-order valence-corrected chi connectivity index (χ2v) is 8.22. The highest BCUT2D eigenvalue weighted by atomic mass is 19.1. The first-order valence-electron chi connectivity index (χ1n) is 11.3. The van der Waals surface area contributed by atoms with E-state index in [9.17, 15) is 9.50 Å². The van der Waals surface area contributed by atoms with Gasteiger partial charge in [0.25, 0.3) is 0 Å². The molecule has 0 saturated carbocycles. The summed E-state index contributed by atoms with van der Waals surface area (Å²) in [6.45, 7) is 8.12. The van der Waals surface area contributed by atoms with Crippen molar-refractivity contribution < 1.29 is 14.2 Å². The van der Waals surface area contributed by atoms with Gasteiger partial charge in [-0.25, -0.2) is 14.4 Å². The van der Waals surface area contributed by atoms with Crippen LogP contribution in [-0.4, -0.2) is 34.8 Å². The summed E-state index contributed by atoms with van der Waals surface area (Å²) in [4.78, 5) is 12.2. The molecule has 1 aromatic carbocycles. The second kappa shape index (κ2) is 10.1. The summed E-state index contributed by atoms with van der Waals surface area (Å²) >= 11 is 0. The molecular formula is C26H30FN3O2. The number of fused-ring (bicyclic) bond motifs is 1. The van der Waals surface area contributed by atoms with Crippen molar-refractivity contribution in [3.63, 3.8) is 0 Å². The number of nitrogens with zero attached hydrogens (tertiary/aromatic N) is 3. The number of aromatic hydroxyl groups is 1. The Hall–Kier alpha value is -2.99. The van der Waals surface area contributed by atoms with Gasteiger partial charge in [-0.15, -0.1) is 0 Å².